The van der Waals surface area contributed by atoms with Gasteiger partial charge in [0.25, 0.3) is 11.8 Å². The van der Waals surface area contributed by atoms with Gasteiger partial charge in [0.1, 0.15) is 12.1 Å². The number of carbonyl (C=O) groups excluding carboxylic acids is 4. The van der Waals surface area contributed by atoms with Crippen molar-refractivity contribution in [2.45, 2.75) is 72.2 Å². The van der Waals surface area contributed by atoms with Crippen LogP contribution < -0.4 is 16.1 Å². The van der Waals surface area contributed by atoms with E-state index in [0.717, 1.165) is 16.5 Å². The second kappa shape index (κ2) is 11.5. The number of hydrazine groups is 1. The van der Waals surface area contributed by atoms with E-state index in [1.165, 1.54) is 5.01 Å². The molecule has 2 aromatic rings. The number of fused-ring (bicyclic) bond motifs is 4. The zero-order chi connectivity index (χ0) is 28.3. The molecule has 3 heterocycles. The van der Waals surface area contributed by atoms with Gasteiger partial charge < -0.3 is 15.4 Å². The zero-order valence-corrected chi connectivity index (χ0v) is 23.1. The fraction of sp³-hybridized carbons (Fsp3) is 0.483. The molecule has 3 atom stereocenters. The molecule has 39 heavy (non-hydrogen) atoms. The summed E-state index contributed by atoms with van der Waals surface area (Å²) in [5, 5.41) is 7.93. The third-order valence-corrected chi connectivity index (χ3v) is 7.03. The first-order valence-corrected chi connectivity index (χ1v) is 13.4. The normalized spacial score (nSPS) is 25.7. The van der Waals surface area contributed by atoms with Gasteiger partial charge in [-0.25, -0.2) is 5.43 Å². The summed E-state index contributed by atoms with van der Waals surface area (Å²) in [7, 11) is 0. The van der Waals surface area contributed by atoms with E-state index in [9.17, 15) is 19.2 Å². The first kappa shape index (κ1) is 28.2. The van der Waals surface area contributed by atoms with Crippen LogP contribution in [0.15, 0.2) is 36.4 Å². The van der Waals surface area contributed by atoms with E-state index in [1.807, 2.05) is 36.4 Å². The maximum absolute atomic E-state index is 13.2. The first-order chi connectivity index (χ1) is 18.4. The molecule has 3 amide bonds. The van der Waals surface area contributed by atoms with Crippen molar-refractivity contribution in [2.24, 2.45) is 11.3 Å². The monoisotopic (exact) mass is 535 g/mol. The number of esters is 1. The van der Waals surface area contributed by atoms with Crippen molar-refractivity contribution in [3.63, 3.8) is 0 Å². The number of rotatable bonds is 1. The highest BCUT2D eigenvalue weighted by atomic mass is 16.5. The van der Waals surface area contributed by atoms with Crippen molar-refractivity contribution < 1.29 is 23.9 Å². The van der Waals surface area contributed by atoms with Gasteiger partial charge in [-0.3, -0.25) is 29.2 Å². The second-order valence-electron chi connectivity index (χ2n) is 11.1. The van der Waals surface area contributed by atoms with Crippen LogP contribution in [0.3, 0.4) is 0 Å². The molecule has 208 valence electrons. The van der Waals surface area contributed by atoms with Crippen molar-refractivity contribution in [2.75, 3.05) is 6.54 Å². The number of nitrogens with zero attached hydrogens (tertiary/aromatic N) is 2. The smallest absolute Gasteiger partial charge is 0.316 e. The average Bonchev–Trinajstić information content (AvgIpc) is 2.91. The van der Waals surface area contributed by atoms with Crippen molar-refractivity contribution >= 4 is 40.7 Å². The molecule has 5 bridgehead atoms. The number of hydrogen-bond acceptors (Lipinski definition) is 7. The van der Waals surface area contributed by atoms with Gasteiger partial charge in [0.05, 0.1) is 23.2 Å². The Morgan fingerprint density at radius 3 is 2.56 bits per heavy atom. The SMILES string of the molecule is CC(C)C1OC(=O)C(C)(C)/C=C/c2ccc3ccc(nc3c2)CNC(=O)[C@@H]2CCCN(N2)C(=O)[C@H](C)NC1=O. The van der Waals surface area contributed by atoms with Crippen LogP contribution >= 0.6 is 0 Å². The molecule has 0 saturated carbocycles. The van der Waals surface area contributed by atoms with Gasteiger partial charge in [-0.1, -0.05) is 44.2 Å². The van der Waals surface area contributed by atoms with Crippen LogP contribution in [0.5, 0.6) is 0 Å². The van der Waals surface area contributed by atoms with E-state index >= 15 is 0 Å². The van der Waals surface area contributed by atoms with Gasteiger partial charge in [-0.15, -0.1) is 0 Å². The Bertz CT molecular complexity index is 1300. The minimum Gasteiger partial charge on any atom is -0.451 e. The fourth-order valence-corrected chi connectivity index (χ4v) is 4.54. The maximum Gasteiger partial charge on any atom is 0.316 e. The number of pyridine rings is 1. The summed E-state index contributed by atoms with van der Waals surface area (Å²) in [6, 6.07) is 8.13. The lowest BCUT2D eigenvalue weighted by molar-refractivity contribution is -0.165. The molecule has 3 N–H and O–H groups in total. The molecular formula is C29H37N5O5. The number of hydrogen-bond donors (Lipinski definition) is 3. The summed E-state index contributed by atoms with van der Waals surface area (Å²) in [4.78, 5) is 57.0. The Kier molecular flexibility index (Phi) is 8.34. The van der Waals surface area contributed by atoms with Crippen molar-refractivity contribution in [3.8, 4) is 0 Å². The molecule has 4 rings (SSSR count). The number of carbonyl (C=O) groups is 4. The summed E-state index contributed by atoms with van der Waals surface area (Å²) < 4.78 is 5.69. The number of amides is 3. The van der Waals surface area contributed by atoms with Gasteiger partial charge in [0.2, 0.25) is 5.91 Å². The molecule has 0 radical (unpaired) electrons. The van der Waals surface area contributed by atoms with E-state index < -0.39 is 35.5 Å². The summed E-state index contributed by atoms with van der Waals surface area (Å²) in [6.07, 6.45) is 3.68. The summed E-state index contributed by atoms with van der Waals surface area (Å²) >= 11 is 0. The Labute approximate surface area is 228 Å². The molecule has 2 aliphatic rings. The molecule has 1 unspecified atom stereocenters. The lowest BCUT2D eigenvalue weighted by atomic mass is 9.92. The van der Waals surface area contributed by atoms with Gasteiger partial charge in [0.15, 0.2) is 6.10 Å². The number of benzene rings is 1. The topological polar surface area (TPSA) is 130 Å². The molecule has 10 nitrogen and oxygen atoms in total. The number of aromatic nitrogens is 1. The van der Waals surface area contributed by atoms with E-state index in [1.54, 1.807) is 40.7 Å². The van der Waals surface area contributed by atoms with Gasteiger partial charge in [-0.2, -0.15) is 0 Å². The van der Waals surface area contributed by atoms with Crippen LogP contribution in [0.1, 0.15) is 58.7 Å². The molecule has 10 heteroatoms. The van der Waals surface area contributed by atoms with Crippen molar-refractivity contribution in [1.82, 2.24) is 26.1 Å². The predicted octanol–water partition coefficient (Wildman–Crippen LogP) is 2.47. The molecule has 2 aliphatic heterocycles. The number of ether oxygens (including phenoxy) is 1. The highest BCUT2D eigenvalue weighted by molar-refractivity contribution is 5.91. The van der Waals surface area contributed by atoms with Crippen molar-refractivity contribution in [1.29, 1.82) is 0 Å². The molecular weight excluding hydrogens is 498 g/mol. The van der Waals surface area contributed by atoms with E-state index in [-0.39, 0.29) is 24.3 Å². The molecule has 1 fully saturated rings. The summed E-state index contributed by atoms with van der Waals surface area (Å²) in [6.45, 7) is 9.22. The Balaban J connectivity index is 1.67. The third-order valence-electron chi connectivity index (χ3n) is 7.03. The quantitative estimate of drug-likeness (QED) is 0.479. The molecule has 1 aromatic heterocycles. The van der Waals surface area contributed by atoms with Gasteiger partial charge in [0, 0.05) is 11.9 Å². The molecule has 0 spiro atoms. The van der Waals surface area contributed by atoms with E-state index in [0.29, 0.717) is 25.1 Å². The lowest BCUT2D eigenvalue weighted by Gasteiger charge is -2.35. The summed E-state index contributed by atoms with van der Waals surface area (Å²) in [5.74, 6) is -2.03. The average molecular weight is 536 g/mol. The Hall–Kier alpha value is -3.79. The van der Waals surface area contributed by atoms with E-state index in [4.69, 9.17) is 9.72 Å². The minimum atomic E-state index is -1.08. The van der Waals surface area contributed by atoms with Gasteiger partial charge in [-0.05, 0) is 57.2 Å². The molecule has 1 saturated heterocycles. The number of cyclic esters (lactones) is 1. The van der Waals surface area contributed by atoms with Crippen LogP contribution in [-0.4, -0.2) is 58.4 Å². The Morgan fingerprint density at radius 2 is 1.82 bits per heavy atom. The second-order valence-corrected chi connectivity index (χ2v) is 11.1. The maximum atomic E-state index is 13.2. The van der Waals surface area contributed by atoms with Crippen LogP contribution in [-0.2, 0) is 30.5 Å². The standard InChI is InChI=1S/C29H37N5O5/c1-17(2)24-26(36)31-18(3)27(37)34-14-6-7-22(33-34)25(35)30-16-21-11-10-20-9-8-19(15-23(20)32-21)12-13-29(4,5)28(38)39-24/h8-13,15,17-18,22,24,33H,6-7,14,16H2,1-5H3,(H,30,35)(H,31,36)/b13-12+/t18-,22-,24?/m0/s1. The van der Waals surface area contributed by atoms with Crippen LogP contribution in [0.25, 0.3) is 17.0 Å². The highest BCUT2D eigenvalue weighted by Crippen LogP contribution is 2.25. The minimum absolute atomic E-state index is 0.234. The first-order valence-electron chi connectivity index (χ1n) is 13.4. The third kappa shape index (κ3) is 6.62. The number of nitrogens with one attached hydrogen (secondary N) is 3. The van der Waals surface area contributed by atoms with Crippen LogP contribution in [0, 0.1) is 11.3 Å². The zero-order valence-electron chi connectivity index (χ0n) is 23.1. The largest absolute Gasteiger partial charge is 0.451 e. The lowest BCUT2D eigenvalue weighted by Crippen LogP contribution is -2.61. The Morgan fingerprint density at radius 1 is 1.08 bits per heavy atom. The van der Waals surface area contributed by atoms with Crippen LogP contribution in [0.2, 0.25) is 0 Å². The highest BCUT2D eigenvalue weighted by Gasteiger charge is 2.36. The molecule has 1 aromatic carbocycles. The van der Waals surface area contributed by atoms with E-state index in [2.05, 4.69) is 16.1 Å². The van der Waals surface area contributed by atoms with Crippen molar-refractivity contribution in [3.05, 3.63) is 47.7 Å². The molecule has 0 aliphatic carbocycles. The van der Waals surface area contributed by atoms with Gasteiger partial charge >= 0.3 is 5.97 Å². The summed E-state index contributed by atoms with van der Waals surface area (Å²) in [5.41, 5.74) is 4.29. The van der Waals surface area contributed by atoms with Crippen LogP contribution in [0.4, 0.5) is 0 Å². The predicted molar refractivity (Wildman–Crippen MR) is 147 cm³/mol. The fourth-order valence-electron chi connectivity index (χ4n) is 4.54.